The summed E-state index contributed by atoms with van der Waals surface area (Å²) < 4.78 is 0. The van der Waals surface area contributed by atoms with E-state index in [-0.39, 0.29) is 0 Å². The highest BCUT2D eigenvalue weighted by molar-refractivity contribution is 6.29. The molecule has 1 heterocycles. The molecule has 0 fully saturated rings. The third-order valence-corrected chi connectivity index (χ3v) is 2.13. The fourth-order valence-electron chi connectivity index (χ4n) is 1.21. The fraction of sp³-hybridized carbons (Fsp3) is 0. The van der Waals surface area contributed by atoms with Gasteiger partial charge in [-0.25, -0.2) is 4.98 Å². The van der Waals surface area contributed by atoms with Gasteiger partial charge in [0.2, 0.25) is 0 Å². The number of hydrogen-bond acceptors (Lipinski definition) is 3. The van der Waals surface area contributed by atoms with Gasteiger partial charge in [0, 0.05) is 11.1 Å². The van der Waals surface area contributed by atoms with E-state index in [9.17, 15) is 4.79 Å². The van der Waals surface area contributed by atoms with Crippen LogP contribution in [0.2, 0.25) is 5.15 Å². The first-order valence-electron chi connectivity index (χ1n) is 4.33. The number of benzene rings is 1. The van der Waals surface area contributed by atoms with E-state index < -0.39 is 0 Å². The number of carbonyl (C=O) groups is 1. The van der Waals surface area contributed by atoms with Crippen LogP contribution in [-0.4, -0.2) is 16.3 Å². The lowest BCUT2D eigenvalue weighted by molar-refractivity contribution is 0.112. The van der Waals surface area contributed by atoms with Gasteiger partial charge in [0.25, 0.3) is 0 Å². The Balaban J connectivity index is 2.41. The van der Waals surface area contributed by atoms with Gasteiger partial charge in [-0.2, -0.15) is 0 Å². The zero-order valence-corrected chi connectivity index (χ0v) is 8.48. The number of hydrogen-bond donors (Lipinski definition) is 0. The van der Waals surface area contributed by atoms with Gasteiger partial charge >= 0.3 is 0 Å². The van der Waals surface area contributed by atoms with Crippen molar-refractivity contribution in [2.24, 2.45) is 0 Å². The lowest BCUT2D eigenvalue weighted by Crippen LogP contribution is -1.86. The van der Waals surface area contributed by atoms with Crippen LogP contribution in [0, 0.1) is 0 Å². The van der Waals surface area contributed by atoms with Crippen LogP contribution in [0.4, 0.5) is 0 Å². The van der Waals surface area contributed by atoms with E-state index >= 15 is 0 Å². The van der Waals surface area contributed by atoms with Gasteiger partial charge in [0.15, 0.2) is 0 Å². The topological polar surface area (TPSA) is 42.9 Å². The predicted octanol–water partition coefficient (Wildman–Crippen LogP) is 2.61. The number of aldehydes is 1. The van der Waals surface area contributed by atoms with Crippen molar-refractivity contribution in [3.63, 3.8) is 0 Å². The predicted molar refractivity (Wildman–Crippen MR) is 57.9 cm³/mol. The Bertz CT molecular complexity index is 482. The third kappa shape index (κ3) is 2.19. The van der Waals surface area contributed by atoms with Gasteiger partial charge in [0.1, 0.15) is 11.4 Å². The molecule has 0 saturated carbocycles. The minimum absolute atomic E-state index is 0.354. The number of carbonyl (C=O) groups excluding carboxylic acids is 1. The zero-order valence-electron chi connectivity index (χ0n) is 7.72. The summed E-state index contributed by atoms with van der Waals surface area (Å²) in [6.45, 7) is 0. The maximum Gasteiger partial charge on any atom is 0.150 e. The molecule has 2 rings (SSSR count). The first kappa shape index (κ1) is 9.80. The fourth-order valence-corrected chi connectivity index (χ4v) is 1.36. The summed E-state index contributed by atoms with van der Waals surface area (Å²) in [7, 11) is 0. The van der Waals surface area contributed by atoms with Gasteiger partial charge in [-0.15, -0.1) is 0 Å². The van der Waals surface area contributed by atoms with Crippen LogP contribution in [0.25, 0.3) is 11.3 Å². The highest BCUT2D eigenvalue weighted by Crippen LogP contribution is 2.17. The molecule has 0 spiro atoms. The van der Waals surface area contributed by atoms with Gasteiger partial charge in [-0.05, 0) is 0 Å². The molecule has 0 saturated heterocycles. The number of nitrogens with zero attached hydrogens (tertiary/aromatic N) is 2. The average Bonchev–Trinajstić information content (AvgIpc) is 2.29. The smallest absolute Gasteiger partial charge is 0.150 e. The Morgan fingerprint density at radius 2 is 1.87 bits per heavy atom. The molecule has 0 amide bonds. The van der Waals surface area contributed by atoms with Crippen molar-refractivity contribution in [1.29, 1.82) is 0 Å². The SMILES string of the molecule is O=Cc1ccc(-c2cncc(Cl)n2)cc1. The van der Waals surface area contributed by atoms with Crippen LogP contribution in [-0.2, 0) is 0 Å². The van der Waals surface area contributed by atoms with Crippen molar-refractivity contribution in [2.45, 2.75) is 0 Å². The maximum absolute atomic E-state index is 10.5. The van der Waals surface area contributed by atoms with E-state index in [2.05, 4.69) is 9.97 Å². The van der Waals surface area contributed by atoms with Crippen LogP contribution in [0.1, 0.15) is 10.4 Å². The van der Waals surface area contributed by atoms with E-state index in [0.717, 1.165) is 11.8 Å². The molecule has 0 atom stereocenters. The van der Waals surface area contributed by atoms with E-state index in [1.165, 1.54) is 6.20 Å². The Morgan fingerprint density at radius 1 is 1.13 bits per heavy atom. The summed E-state index contributed by atoms with van der Waals surface area (Å²) in [5.74, 6) is 0. The largest absolute Gasteiger partial charge is 0.298 e. The van der Waals surface area contributed by atoms with E-state index in [4.69, 9.17) is 11.6 Å². The van der Waals surface area contributed by atoms with Crippen LogP contribution < -0.4 is 0 Å². The maximum atomic E-state index is 10.5. The molecule has 15 heavy (non-hydrogen) atoms. The Labute approximate surface area is 91.8 Å². The first-order valence-corrected chi connectivity index (χ1v) is 4.70. The van der Waals surface area contributed by atoms with E-state index in [0.29, 0.717) is 16.4 Å². The summed E-state index contributed by atoms with van der Waals surface area (Å²) in [5.41, 5.74) is 2.21. The third-order valence-electron chi connectivity index (χ3n) is 1.95. The quantitative estimate of drug-likeness (QED) is 0.728. The molecule has 1 aromatic heterocycles. The molecule has 0 aliphatic carbocycles. The van der Waals surface area contributed by atoms with E-state index in [1.54, 1.807) is 18.3 Å². The molecule has 2 aromatic rings. The molecule has 0 bridgehead atoms. The highest BCUT2D eigenvalue weighted by atomic mass is 35.5. The molecule has 0 radical (unpaired) electrons. The van der Waals surface area contributed by atoms with Gasteiger partial charge in [0.05, 0.1) is 18.1 Å². The van der Waals surface area contributed by atoms with E-state index in [1.807, 2.05) is 12.1 Å². The van der Waals surface area contributed by atoms with Crippen LogP contribution in [0.15, 0.2) is 36.7 Å². The summed E-state index contributed by atoms with van der Waals surface area (Å²) in [6.07, 6.45) is 3.90. The Morgan fingerprint density at radius 3 is 2.47 bits per heavy atom. The Kier molecular flexibility index (Phi) is 2.74. The van der Waals surface area contributed by atoms with Crippen molar-refractivity contribution < 1.29 is 4.79 Å². The van der Waals surface area contributed by atoms with Crippen LogP contribution >= 0.6 is 11.6 Å². The lowest BCUT2D eigenvalue weighted by atomic mass is 10.1. The minimum Gasteiger partial charge on any atom is -0.298 e. The van der Waals surface area contributed by atoms with Crippen LogP contribution in [0.3, 0.4) is 0 Å². The van der Waals surface area contributed by atoms with Gasteiger partial charge in [-0.1, -0.05) is 35.9 Å². The lowest BCUT2D eigenvalue weighted by Gasteiger charge is -2.00. The molecular formula is C11H7ClN2O. The zero-order chi connectivity index (χ0) is 10.7. The summed E-state index contributed by atoms with van der Waals surface area (Å²) in [6, 6.07) is 7.07. The molecule has 0 aliphatic rings. The molecule has 74 valence electrons. The molecule has 0 N–H and O–H groups in total. The second-order valence-electron chi connectivity index (χ2n) is 2.97. The summed E-state index contributed by atoms with van der Waals surface area (Å²) in [4.78, 5) is 18.5. The molecule has 0 unspecified atom stereocenters. The van der Waals surface area contributed by atoms with Crippen molar-refractivity contribution in [1.82, 2.24) is 9.97 Å². The second-order valence-corrected chi connectivity index (χ2v) is 3.35. The molecule has 4 heteroatoms. The number of halogens is 1. The normalized spacial score (nSPS) is 9.93. The van der Waals surface area contributed by atoms with Gasteiger partial charge < -0.3 is 0 Å². The number of rotatable bonds is 2. The average molecular weight is 219 g/mol. The number of aromatic nitrogens is 2. The summed E-state index contributed by atoms with van der Waals surface area (Å²) in [5, 5.41) is 0.354. The van der Waals surface area contributed by atoms with Crippen LogP contribution in [0.5, 0.6) is 0 Å². The van der Waals surface area contributed by atoms with Crippen molar-refractivity contribution >= 4 is 17.9 Å². The highest BCUT2D eigenvalue weighted by Gasteiger charge is 2.00. The van der Waals surface area contributed by atoms with Crippen molar-refractivity contribution in [3.8, 4) is 11.3 Å². The van der Waals surface area contributed by atoms with Crippen molar-refractivity contribution in [3.05, 3.63) is 47.4 Å². The monoisotopic (exact) mass is 218 g/mol. The van der Waals surface area contributed by atoms with Crippen molar-refractivity contribution in [2.75, 3.05) is 0 Å². The standard InChI is InChI=1S/C11H7ClN2O/c12-11-6-13-5-10(14-11)9-3-1-8(7-15)2-4-9/h1-7H. The molecule has 1 aromatic carbocycles. The molecular weight excluding hydrogens is 212 g/mol. The first-order chi connectivity index (χ1) is 7.29. The Hall–Kier alpha value is -1.74. The summed E-state index contributed by atoms with van der Waals surface area (Å²) >= 11 is 5.72. The second kappa shape index (κ2) is 4.19. The molecule has 0 aliphatic heterocycles. The van der Waals surface area contributed by atoms with Gasteiger partial charge in [-0.3, -0.25) is 9.78 Å². The molecule has 3 nitrogen and oxygen atoms in total. The minimum atomic E-state index is 0.354.